The molecule has 2 heterocycles. The van der Waals surface area contributed by atoms with Crippen LogP contribution in [-0.2, 0) is 29.9 Å². The molecule has 0 bridgehead atoms. The second-order valence-electron chi connectivity index (χ2n) is 9.62. The van der Waals surface area contributed by atoms with Crippen molar-refractivity contribution < 1.29 is 32.2 Å². The molecule has 10 heteroatoms. The third-order valence-electron chi connectivity index (χ3n) is 7.34. The average Bonchev–Trinajstić information content (AvgIpc) is 3.43. The van der Waals surface area contributed by atoms with Crippen molar-refractivity contribution in [3.05, 3.63) is 89.0 Å². The van der Waals surface area contributed by atoms with Crippen LogP contribution in [0, 0.1) is 6.92 Å². The minimum absolute atomic E-state index is 0.0187. The quantitative estimate of drug-likeness (QED) is 0.397. The molecular formula is C30H30N2O7S. The average molecular weight is 563 g/mol. The minimum atomic E-state index is -4.43. The first-order valence-electron chi connectivity index (χ1n) is 12.7. The van der Waals surface area contributed by atoms with E-state index in [-0.39, 0.29) is 29.2 Å². The van der Waals surface area contributed by atoms with Gasteiger partial charge in [0.2, 0.25) is 0 Å². The molecule has 2 aliphatic heterocycles. The number of amides is 1. The number of nitrogens with zero attached hydrogens (tertiary/aromatic N) is 2. The van der Waals surface area contributed by atoms with Gasteiger partial charge in [0.1, 0.15) is 11.5 Å². The molecule has 0 saturated heterocycles. The Bertz CT molecular complexity index is 1630. The predicted octanol–water partition coefficient (Wildman–Crippen LogP) is 4.25. The molecule has 9 nitrogen and oxygen atoms in total. The Morgan fingerprint density at radius 2 is 1.68 bits per heavy atom. The molecule has 1 amide bonds. The molecule has 1 atom stereocenters. The largest absolute Gasteiger partial charge is 0.497 e. The van der Waals surface area contributed by atoms with Crippen LogP contribution < -0.4 is 14.4 Å². The number of rotatable bonds is 7. The Kier molecular flexibility index (Phi) is 6.83. The zero-order valence-electron chi connectivity index (χ0n) is 22.9. The highest BCUT2D eigenvalue weighted by Gasteiger charge is 2.64. The Morgan fingerprint density at radius 1 is 1.00 bits per heavy atom. The SMILES string of the molecule is CCOC(=O)C1=C(c2ccccc2)N(S(=O)(=O)c2ccc(C)cc2)C2(C1)C(=O)N(C)c1c(OC)cc(OC)cc12. The highest BCUT2D eigenvalue weighted by molar-refractivity contribution is 7.89. The summed E-state index contributed by atoms with van der Waals surface area (Å²) in [6.07, 6.45) is -0.242. The van der Waals surface area contributed by atoms with E-state index < -0.39 is 27.4 Å². The zero-order valence-corrected chi connectivity index (χ0v) is 23.7. The first-order valence-corrected chi connectivity index (χ1v) is 14.2. The van der Waals surface area contributed by atoms with Crippen LogP contribution >= 0.6 is 0 Å². The van der Waals surface area contributed by atoms with Gasteiger partial charge in [0, 0.05) is 25.1 Å². The number of hydrogen-bond acceptors (Lipinski definition) is 7. The number of aryl methyl sites for hydroxylation is 1. The van der Waals surface area contributed by atoms with Gasteiger partial charge < -0.3 is 19.1 Å². The van der Waals surface area contributed by atoms with Crippen molar-refractivity contribution in [2.24, 2.45) is 0 Å². The van der Waals surface area contributed by atoms with Crippen molar-refractivity contribution in [2.75, 3.05) is 32.8 Å². The first-order chi connectivity index (χ1) is 19.1. The summed E-state index contributed by atoms with van der Waals surface area (Å²) >= 11 is 0. The topological polar surface area (TPSA) is 102 Å². The second kappa shape index (κ2) is 10.0. The molecule has 0 N–H and O–H groups in total. The number of sulfonamides is 1. The summed E-state index contributed by atoms with van der Waals surface area (Å²) in [5.74, 6) is -0.518. The van der Waals surface area contributed by atoms with Gasteiger partial charge in [-0.2, -0.15) is 0 Å². The van der Waals surface area contributed by atoms with Gasteiger partial charge in [0.25, 0.3) is 15.9 Å². The molecule has 0 fully saturated rings. The maximum atomic E-state index is 14.7. The van der Waals surface area contributed by atoms with E-state index >= 15 is 0 Å². The van der Waals surface area contributed by atoms with Crippen molar-refractivity contribution in [3.63, 3.8) is 0 Å². The third-order valence-corrected chi connectivity index (χ3v) is 9.18. The summed E-state index contributed by atoms with van der Waals surface area (Å²) in [7, 11) is 0.0735. The molecule has 1 unspecified atom stereocenters. The van der Waals surface area contributed by atoms with Gasteiger partial charge in [-0.05, 0) is 37.6 Å². The Labute approximate surface area is 233 Å². The van der Waals surface area contributed by atoms with Gasteiger partial charge in [-0.25, -0.2) is 17.5 Å². The van der Waals surface area contributed by atoms with Crippen LogP contribution in [0.1, 0.15) is 30.0 Å². The Hall–Kier alpha value is -4.31. The van der Waals surface area contributed by atoms with Crippen molar-refractivity contribution in [2.45, 2.75) is 30.7 Å². The van der Waals surface area contributed by atoms with Crippen LogP contribution in [-0.4, -0.2) is 52.5 Å². The van der Waals surface area contributed by atoms with Gasteiger partial charge >= 0.3 is 5.97 Å². The maximum absolute atomic E-state index is 14.7. The third kappa shape index (κ3) is 3.93. The van der Waals surface area contributed by atoms with E-state index in [2.05, 4.69) is 0 Å². The van der Waals surface area contributed by atoms with E-state index in [1.54, 1.807) is 68.6 Å². The lowest BCUT2D eigenvalue weighted by Crippen LogP contribution is -2.51. The lowest BCUT2D eigenvalue weighted by atomic mass is 9.87. The molecule has 5 rings (SSSR count). The van der Waals surface area contributed by atoms with Crippen LogP contribution in [0.4, 0.5) is 5.69 Å². The summed E-state index contributed by atoms with van der Waals surface area (Å²) in [5.41, 5.74) is 0.406. The van der Waals surface area contributed by atoms with Gasteiger partial charge in [0.05, 0.1) is 42.7 Å². The van der Waals surface area contributed by atoms with Gasteiger partial charge in [-0.15, -0.1) is 0 Å². The molecule has 0 saturated carbocycles. The number of hydrogen-bond donors (Lipinski definition) is 0. The number of ether oxygens (including phenoxy) is 3. The molecule has 40 heavy (non-hydrogen) atoms. The fourth-order valence-electron chi connectivity index (χ4n) is 5.52. The minimum Gasteiger partial charge on any atom is -0.497 e. The lowest BCUT2D eigenvalue weighted by Gasteiger charge is -2.36. The summed E-state index contributed by atoms with van der Waals surface area (Å²) in [6, 6.07) is 18.3. The van der Waals surface area contributed by atoms with Crippen molar-refractivity contribution in [1.82, 2.24) is 4.31 Å². The number of anilines is 1. The standard InChI is InChI=1S/C30H30N2O7S/c1-6-39-28(33)23-18-30(24-16-21(37-4)17-25(38-5)27(24)31(3)29(30)34)32(26(23)20-10-8-7-9-11-20)40(35,36)22-14-12-19(2)13-15-22/h7-17H,6,18H2,1-5H3. The van der Waals surface area contributed by atoms with Crippen molar-refractivity contribution in [3.8, 4) is 11.5 Å². The molecule has 3 aromatic rings. The summed E-state index contributed by atoms with van der Waals surface area (Å²) in [5, 5.41) is 0. The molecule has 0 aromatic heterocycles. The summed E-state index contributed by atoms with van der Waals surface area (Å²) in [4.78, 5) is 29.3. The van der Waals surface area contributed by atoms with Gasteiger partial charge in [-0.1, -0.05) is 48.0 Å². The van der Waals surface area contributed by atoms with E-state index in [0.717, 1.165) is 9.87 Å². The predicted molar refractivity (Wildman–Crippen MR) is 149 cm³/mol. The normalized spacial score (nSPS) is 18.4. The molecule has 3 aromatic carbocycles. The Morgan fingerprint density at radius 3 is 2.27 bits per heavy atom. The van der Waals surface area contributed by atoms with E-state index in [1.165, 1.54) is 31.3 Å². The van der Waals surface area contributed by atoms with Crippen LogP contribution in [0.15, 0.2) is 77.2 Å². The fourth-order valence-corrected chi connectivity index (χ4v) is 7.32. The van der Waals surface area contributed by atoms with Crippen molar-refractivity contribution >= 4 is 33.3 Å². The van der Waals surface area contributed by atoms with E-state index in [4.69, 9.17) is 14.2 Å². The van der Waals surface area contributed by atoms with Crippen LogP contribution in [0.5, 0.6) is 11.5 Å². The van der Waals surface area contributed by atoms with Crippen LogP contribution in [0.2, 0.25) is 0 Å². The van der Waals surface area contributed by atoms with Gasteiger partial charge in [-0.3, -0.25) is 4.79 Å². The summed E-state index contributed by atoms with van der Waals surface area (Å²) < 4.78 is 47.0. The number of esters is 1. The molecular weight excluding hydrogens is 532 g/mol. The van der Waals surface area contributed by atoms with E-state index in [1.807, 2.05) is 6.92 Å². The highest BCUT2D eigenvalue weighted by atomic mass is 32.2. The second-order valence-corrected chi connectivity index (χ2v) is 11.4. The van der Waals surface area contributed by atoms with Crippen molar-refractivity contribution in [1.29, 1.82) is 0 Å². The molecule has 208 valence electrons. The van der Waals surface area contributed by atoms with E-state index in [9.17, 15) is 18.0 Å². The molecule has 2 aliphatic rings. The number of carbonyl (C=O) groups is 2. The number of methoxy groups -OCH3 is 2. The number of benzene rings is 3. The monoisotopic (exact) mass is 562 g/mol. The molecule has 1 spiro atoms. The molecule has 0 radical (unpaired) electrons. The number of carbonyl (C=O) groups excluding carboxylic acids is 2. The zero-order chi connectivity index (χ0) is 28.8. The number of fused-ring (bicyclic) bond motifs is 2. The first kappa shape index (κ1) is 27.3. The van der Waals surface area contributed by atoms with Crippen LogP contribution in [0.25, 0.3) is 5.70 Å². The summed E-state index contributed by atoms with van der Waals surface area (Å²) in [6.45, 7) is 3.60. The smallest absolute Gasteiger partial charge is 0.336 e. The van der Waals surface area contributed by atoms with Gasteiger partial charge in [0.15, 0.2) is 5.54 Å². The highest BCUT2D eigenvalue weighted by Crippen LogP contribution is 2.59. The Balaban J connectivity index is 1.91. The maximum Gasteiger partial charge on any atom is 0.336 e. The number of likely N-dealkylation sites (N-methyl/N-ethyl adjacent to an activating group) is 1. The molecule has 0 aliphatic carbocycles. The lowest BCUT2D eigenvalue weighted by molar-refractivity contribution is -0.138. The fraction of sp³-hybridized carbons (Fsp3) is 0.267. The van der Waals surface area contributed by atoms with Crippen LogP contribution in [0.3, 0.4) is 0 Å². The van der Waals surface area contributed by atoms with E-state index in [0.29, 0.717) is 28.3 Å².